The molecule has 1 atom stereocenters. The SMILES string of the molecule is CCCN1CCN(C(C#N)c2ccc(OCC)c(OCC)c2)CC1. The highest BCUT2D eigenvalue weighted by Crippen LogP contribution is 2.32. The van der Waals surface area contributed by atoms with Crippen molar-refractivity contribution in [3.63, 3.8) is 0 Å². The predicted octanol–water partition coefficient (Wildman–Crippen LogP) is 3.08. The van der Waals surface area contributed by atoms with Crippen LogP contribution in [0.5, 0.6) is 11.5 Å². The van der Waals surface area contributed by atoms with Crippen molar-refractivity contribution < 1.29 is 9.47 Å². The number of nitrogens with zero attached hydrogens (tertiary/aromatic N) is 3. The molecule has 1 unspecified atom stereocenters. The van der Waals surface area contributed by atoms with Crippen LogP contribution in [0.4, 0.5) is 0 Å². The molecule has 0 saturated carbocycles. The smallest absolute Gasteiger partial charge is 0.161 e. The zero-order valence-corrected chi connectivity index (χ0v) is 15.1. The van der Waals surface area contributed by atoms with Crippen LogP contribution < -0.4 is 9.47 Å². The lowest BCUT2D eigenvalue weighted by molar-refractivity contribution is 0.114. The highest BCUT2D eigenvalue weighted by atomic mass is 16.5. The summed E-state index contributed by atoms with van der Waals surface area (Å²) >= 11 is 0. The first-order chi connectivity index (χ1) is 11.7. The third kappa shape index (κ3) is 4.62. The molecule has 0 spiro atoms. The molecule has 5 nitrogen and oxygen atoms in total. The second kappa shape index (κ2) is 9.51. The first-order valence-electron chi connectivity index (χ1n) is 8.99. The van der Waals surface area contributed by atoms with Gasteiger partial charge in [-0.3, -0.25) is 4.90 Å². The fourth-order valence-corrected chi connectivity index (χ4v) is 3.17. The molecule has 24 heavy (non-hydrogen) atoms. The van der Waals surface area contributed by atoms with Crippen LogP contribution in [0.3, 0.4) is 0 Å². The van der Waals surface area contributed by atoms with Crippen LogP contribution in [0.25, 0.3) is 0 Å². The molecule has 0 bridgehead atoms. The second-order valence-electron chi connectivity index (χ2n) is 5.98. The fourth-order valence-electron chi connectivity index (χ4n) is 3.17. The monoisotopic (exact) mass is 331 g/mol. The quantitative estimate of drug-likeness (QED) is 0.733. The van der Waals surface area contributed by atoms with E-state index in [-0.39, 0.29) is 6.04 Å². The Bertz CT molecular complexity index is 548. The van der Waals surface area contributed by atoms with Crippen LogP contribution >= 0.6 is 0 Å². The zero-order valence-electron chi connectivity index (χ0n) is 15.1. The van der Waals surface area contributed by atoms with E-state index < -0.39 is 0 Å². The van der Waals surface area contributed by atoms with E-state index in [0.717, 1.165) is 49.8 Å². The molecule has 0 aliphatic carbocycles. The Morgan fingerprint density at radius 3 is 2.29 bits per heavy atom. The molecule has 0 radical (unpaired) electrons. The molecule has 0 amide bonds. The van der Waals surface area contributed by atoms with Gasteiger partial charge in [-0.25, -0.2) is 0 Å². The minimum atomic E-state index is -0.233. The van der Waals surface area contributed by atoms with Crippen LogP contribution in [0.15, 0.2) is 18.2 Å². The van der Waals surface area contributed by atoms with E-state index in [4.69, 9.17) is 9.47 Å². The summed E-state index contributed by atoms with van der Waals surface area (Å²) < 4.78 is 11.3. The fraction of sp³-hybridized carbons (Fsp3) is 0.632. The van der Waals surface area contributed by atoms with Gasteiger partial charge in [0, 0.05) is 26.2 Å². The molecule has 132 valence electrons. The van der Waals surface area contributed by atoms with E-state index in [9.17, 15) is 5.26 Å². The van der Waals surface area contributed by atoms with E-state index in [1.54, 1.807) is 0 Å². The summed E-state index contributed by atoms with van der Waals surface area (Å²) in [5.41, 5.74) is 0.980. The number of hydrogen-bond acceptors (Lipinski definition) is 5. The second-order valence-corrected chi connectivity index (χ2v) is 5.98. The van der Waals surface area contributed by atoms with Crippen molar-refractivity contribution in [3.8, 4) is 17.6 Å². The molecule has 1 aliphatic heterocycles. The third-order valence-electron chi connectivity index (χ3n) is 4.32. The molecule has 1 heterocycles. The Hall–Kier alpha value is -1.77. The lowest BCUT2D eigenvalue weighted by Gasteiger charge is -2.37. The summed E-state index contributed by atoms with van der Waals surface area (Å²) in [6, 6.07) is 8.10. The summed E-state index contributed by atoms with van der Waals surface area (Å²) in [7, 11) is 0. The van der Waals surface area contributed by atoms with Crippen LogP contribution in [-0.4, -0.2) is 55.7 Å². The molecule has 1 aromatic rings. The number of benzene rings is 1. The van der Waals surface area contributed by atoms with Crippen molar-refractivity contribution in [1.29, 1.82) is 5.26 Å². The van der Waals surface area contributed by atoms with Gasteiger partial charge in [0.15, 0.2) is 11.5 Å². The Balaban J connectivity index is 2.13. The number of piperazine rings is 1. The molecular formula is C19H29N3O2. The van der Waals surface area contributed by atoms with Crippen LogP contribution in [0.1, 0.15) is 38.8 Å². The van der Waals surface area contributed by atoms with Gasteiger partial charge in [0.05, 0.1) is 19.3 Å². The minimum absolute atomic E-state index is 0.233. The largest absolute Gasteiger partial charge is 0.490 e. The van der Waals surface area contributed by atoms with E-state index in [2.05, 4.69) is 22.8 Å². The van der Waals surface area contributed by atoms with Crippen molar-refractivity contribution in [2.45, 2.75) is 33.2 Å². The van der Waals surface area contributed by atoms with Gasteiger partial charge in [-0.15, -0.1) is 0 Å². The highest BCUT2D eigenvalue weighted by Gasteiger charge is 2.25. The lowest BCUT2D eigenvalue weighted by atomic mass is 10.0. The van der Waals surface area contributed by atoms with Crippen LogP contribution in [0.2, 0.25) is 0 Å². The van der Waals surface area contributed by atoms with E-state index in [1.807, 2.05) is 32.0 Å². The lowest BCUT2D eigenvalue weighted by Crippen LogP contribution is -2.47. The Morgan fingerprint density at radius 1 is 1.04 bits per heavy atom. The number of hydrogen-bond donors (Lipinski definition) is 0. The molecule has 0 aromatic heterocycles. The first-order valence-corrected chi connectivity index (χ1v) is 8.99. The molecule has 1 saturated heterocycles. The maximum Gasteiger partial charge on any atom is 0.161 e. The van der Waals surface area contributed by atoms with Gasteiger partial charge in [0.25, 0.3) is 0 Å². The van der Waals surface area contributed by atoms with Crippen molar-refractivity contribution in [2.75, 3.05) is 45.9 Å². The molecule has 1 aliphatic rings. The normalized spacial score (nSPS) is 17.2. The maximum absolute atomic E-state index is 9.72. The highest BCUT2D eigenvalue weighted by molar-refractivity contribution is 5.45. The molecule has 1 fully saturated rings. The summed E-state index contributed by atoms with van der Waals surface area (Å²) in [4.78, 5) is 4.73. The maximum atomic E-state index is 9.72. The molecule has 0 N–H and O–H groups in total. The van der Waals surface area contributed by atoms with Crippen LogP contribution in [-0.2, 0) is 0 Å². The van der Waals surface area contributed by atoms with Gasteiger partial charge < -0.3 is 14.4 Å². The van der Waals surface area contributed by atoms with Gasteiger partial charge >= 0.3 is 0 Å². The summed E-state index contributed by atoms with van der Waals surface area (Å²) in [5, 5.41) is 9.72. The van der Waals surface area contributed by atoms with Gasteiger partial charge in [-0.2, -0.15) is 5.26 Å². The van der Waals surface area contributed by atoms with Crippen molar-refractivity contribution in [1.82, 2.24) is 9.80 Å². The number of rotatable bonds is 8. The predicted molar refractivity (Wildman–Crippen MR) is 95.4 cm³/mol. The summed E-state index contributed by atoms with van der Waals surface area (Å²) in [6.45, 7) is 12.3. The van der Waals surface area contributed by atoms with Crippen LogP contribution in [0, 0.1) is 11.3 Å². The molecule has 1 aromatic carbocycles. The van der Waals surface area contributed by atoms with Gasteiger partial charge in [0.2, 0.25) is 0 Å². The van der Waals surface area contributed by atoms with Gasteiger partial charge in [-0.05, 0) is 44.5 Å². The molecular weight excluding hydrogens is 302 g/mol. The topological polar surface area (TPSA) is 48.7 Å². The zero-order chi connectivity index (χ0) is 17.4. The van der Waals surface area contributed by atoms with Crippen molar-refractivity contribution in [2.24, 2.45) is 0 Å². The summed E-state index contributed by atoms with van der Waals surface area (Å²) in [6.07, 6.45) is 1.18. The van der Waals surface area contributed by atoms with Gasteiger partial charge in [0.1, 0.15) is 6.04 Å². The van der Waals surface area contributed by atoms with Crippen molar-refractivity contribution >= 4 is 0 Å². The van der Waals surface area contributed by atoms with E-state index in [0.29, 0.717) is 13.2 Å². The first kappa shape index (κ1) is 18.6. The average Bonchev–Trinajstić information content (AvgIpc) is 2.60. The molecule has 5 heteroatoms. The van der Waals surface area contributed by atoms with E-state index >= 15 is 0 Å². The Morgan fingerprint density at radius 2 is 1.71 bits per heavy atom. The standard InChI is InChI=1S/C19H29N3O2/c1-4-9-21-10-12-22(13-11-21)17(15-20)16-7-8-18(23-5-2)19(14-16)24-6-3/h7-8,14,17H,4-6,9-13H2,1-3H3. The van der Waals surface area contributed by atoms with Crippen molar-refractivity contribution in [3.05, 3.63) is 23.8 Å². The molecule has 2 rings (SSSR count). The third-order valence-corrected chi connectivity index (χ3v) is 4.32. The van der Waals surface area contributed by atoms with E-state index in [1.165, 1.54) is 6.42 Å². The number of ether oxygens (including phenoxy) is 2. The average molecular weight is 331 g/mol. The minimum Gasteiger partial charge on any atom is -0.490 e. The van der Waals surface area contributed by atoms with Gasteiger partial charge in [-0.1, -0.05) is 13.0 Å². The summed E-state index contributed by atoms with van der Waals surface area (Å²) in [5.74, 6) is 1.47. The Kier molecular flexibility index (Phi) is 7.36. The Labute approximate surface area is 145 Å². The number of nitriles is 1.